The molecule has 1 aromatic heterocycles. The molecule has 0 spiro atoms. The highest BCUT2D eigenvalue weighted by molar-refractivity contribution is 7.15. The Kier molecular flexibility index (Phi) is 4.72. The first kappa shape index (κ1) is 14.8. The molecule has 2 aromatic rings. The molecule has 0 aliphatic carbocycles. The number of aromatic nitrogens is 2. The number of nitrogens with zero attached hydrogens (tertiary/aromatic N) is 3. The number of hydrogen-bond donors (Lipinski definition) is 1. The minimum absolute atomic E-state index is 0.0116. The summed E-state index contributed by atoms with van der Waals surface area (Å²) in [5, 5.41) is 22.2. The second-order valence-electron chi connectivity index (χ2n) is 4.03. The second kappa shape index (κ2) is 6.71. The van der Waals surface area contributed by atoms with Gasteiger partial charge < -0.3 is 0 Å². The highest BCUT2D eigenvalue weighted by Gasteiger charge is 2.05. The van der Waals surface area contributed by atoms with Gasteiger partial charge in [0.1, 0.15) is 5.01 Å². The predicted molar refractivity (Wildman–Crippen MR) is 80.0 cm³/mol. The van der Waals surface area contributed by atoms with Crippen LogP contribution in [0.3, 0.4) is 0 Å². The van der Waals surface area contributed by atoms with Crippen molar-refractivity contribution in [3.8, 4) is 0 Å². The first-order valence-corrected chi connectivity index (χ1v) is 6.96. The van der Waals surface area contributed by atoms with Crippen LogP contribution in [0.4, 0.5) is 10.8 Å². The zero-order valence-electron chi connectivity index (χ0n) is 11.1. The van der Waals surface area contributed by atoms with Crippen molar-refractivity contribution in [3.63, 3.8) is 0 Å². The summed E-state index contributed by atoms with van der Waals surface area (Å²) in [6.45, 7) is 1.96. The standard InChI is InChI=1S/C13H12N4O3S/c1-2-12-15-16-13(21-12)14-11(18)8-5-9-3-6-10(7-4-9)17(19)20/h3-8H,2H2,1H3,(H,14,16,18)/b8-5+. The average molecular weight is 304 g/mol. The summed E-state index contributed by atoms with van der Waals surface area (Å²) in [5.74, 6) is -0.327. The van der Waals surface area contributed by atoms with Gasteiger partial charge in [0.25, 0.3) is 5.69 Å². The molecular formula is C13H12N4O3S. The van der Waals surface area contributed by atoms with Gasteiger partial charge in [0.2, 0.25) is 11.0 Å². The summed E-state index contributed by atoms with van der Waals surface area (Å²) in [7, 11) is 0. The van der Waals surface area contributed by atoms with Crippen LogP contribution in [0.2, 0.25) is 0 Å². The van der Waals surface area contributed by atoms with E-state index in [9.17, 15) is 14.9 Å². The largest absolute Gasteiger partial charge is 0.297 e. The number of aryl methyl sites for hydroxylation is 1. The molecule has 1 aromatic carbocycles. The SMILES string of the molecule is CCc1nnc(NC(=O)/C=C/c2ccc([N+](=O)[O-])cc2)s1. The molecule has 21 heavy (non-hydrogen) atoms. The Hall–Kier alpha value is -2.61. The molecule has 1 N–H and O–H groups in total. The summed E-state index contributed by atoms with van der Waals surface area (Å²) in [5.41, 5.74) is 0.708. The number of anilines is 1. The number of amides is 1. The smallest absolute Gasteiger partial charge is 0.269 e. The number of carbonyl (C=O) groups is 1. The maximum Gasteiger partial charge on any atom is 0.269 e. The topological polar surface area (TPSA) is 98.0 Å². The Bertz CT molecular complexity index is 679. The lowest BCUT2D eigenvalue weighted by Crippen LogP contribution is -2.07. The van der Waals surface area contributed by atoms with Crippen molar-refractivity contribution < 1.29 is 9.72 Å². The van der Waals surface area contributed by atoms with Crippen molar-refractivity contribution in [3.05, 3.63) is 51.0 Å². The molecule has 0 unspecified atom stereocenters. The van der Waals surface area contributed by atoms with Gasteiger partial charge in [0.05, 0.1) is 4.92 Å². The van der Waals surface area contributed by atoms with E-state index in [1.54, 1.807) is 18.2 Å². The van der Waals surface area contributed by atoms with Crippen LogP contribution in [0.15, 0.2) is 30.3 Å². The number of hydrogen-bond acceptors (Lipinski definition) is 6. The summed E-state index contributed by atoms with van der Waals surface area (Å²) in [4.78, 5) is 21.7. The van der Waals surface area contributed by atoms with Gasteiger partial charge >= 0.3 is 0 Å². The van der Waals surface area contributed by atoms with E-state index in [1.165, 1.54) is 29.5 Å². The normalized spacial score (nSPS) is 10.7. The van der Waals surface area contributed by atoms with Crippen LogP contribution in [0.1, 0.15) is 17.5 Å². The van der Waals surface area contributed by atoms with Gasteiger partial charge in [-0.15, -0.1) is 10.2 Å². The molecule has 0 fully saturated rings. The zero-order valence-corrected chi connectivity index (χ0v) is 12.0. The van der Waals surface area contributed by atoms with Crippen molar-refractivity contribution in [2.24, 2.45) is 0 Å². The molecule has 0 bridgehead atoms. The molecule has 108 valence electrons. The fourth-order valence-corrected chi connectivity index (χ4v) is 2.16. The molecule has 2 rings (SSSR count). The number of rotatable bonds is 5. The van der Waals surface area contributed by atoms with Gasteiger partial charge in [-0.25, -0.2) is 0 Å². The molecule has 0 atom stereocenters. The van der Waals surface area contributed by atoms with E-state index in [0.29, 0.717) is 10.7 Å². The summed E-state index contributed by atoms with van der Waals surface area (Å²) >= 11 is 1.33. The monoisotopic (exact) mass is 304 g/mol. The van der Waals surface area contributed by atoms with Crippen molar-refractivity contribution in [1.29, 1.82) is 0 Å². The van der Waals surface area contributed by atoms with Gasteiger partial charge in [-0.3, -0.25) is 20.2 Å². The van der Waals surface area contributed by atoms with Crippen LogP contribution in [0.5, 0.6) is 0 Å². The van der Waals surface area contributed by atoms with Crippen LogP contribution >= 0.6 is 11.3 Å². The van der Waals surface area contributed by atoms with Crippen LogP contribution in [0.25, 0.3) is 6.08 Å². The molecule has 0 saturated heterocycles. The number of benzene rings is 1. The maximum absolute atomic E-state index is 11.7. The number of carbonyl (C=O) groups excluding carboxylic acids is 1. The van der Waals surface area contributed by atoms with Crippen LogP contribution in [-0.2, 0) is 11.2 Å². The fourth-order valence-electron chi connectivity index (χ4n) is 1.47. The number of nitro benzene ring substituents is 1. The quantitative estimate of drug-likeness (QED) is 0.520. The van der Waals surface area contributed by atoms with E-state index in [-0.39, 0.29) is 11.6 Å². The number of non-ortho nitro benzene ring substituents is 1. The fraction of sp³-hybridized carbons (Fsp3) is 0.154. The van der Waals surface area contributed by atoms with E-state index < -0.39 is 4.92 Å². The summed E-state index contributed by atoms with van der Waals surface area (Å²) in [6, 6.07) is 5.91. The lowest BCUT2D eigenvalue weighted by Gasteiger charge is -1.95. The third-order valence-electron chi connectivity index (χ3n) is 2.53. The van der Waals surface area contributed by atoms with Gasteiger partial charge in [-0.1, -0.05) is 18.3 Å². The highest BCUT2D eigenvalue weighted by Crippen LogP contribution is 2.16. The Morgan fingerprint density at radius 3 is 2.67 bits per heavy atom. The molecule has 1 heterocycles. The number of nitro groups is 1. The minimum Gasteiger partial charge on any atom is -0.297 e. The van der Waals surface area contributed by atoms with Crippen molar-refractivity contribution in [1.82, 2.24) is 10.2 Å². The third-order valence-corrected chi connectivity index (χ3v) is 3.51. The first-order valence-electron chi connectivity index (χ1n) is 6.14. The van der Waals surface area contributed by atoms with E-state index in [0.717, 1.165) is 11.4 Å². The molecular weight excluding hydrogens is 292 g/mol. The Morgan fingerprint density at radius 2 is 2.10 bits per heavy atom. The van der Waals surface area contributed by atoms with Crippen molar-refractivity contribution in [2.75, 3.05) is 5.32 Å². The second-order valence-corrected chi connectivity index (χ2v) is 5.09. The van der Waals surface area contributed by atoms with Gasteiger partial charge in [0, 0.05) is 18.2 Å². The summed E-state index contributed by atoms with van der Waals surface area (Å²) < 4.78 is 0. The highest BCUT2D eigenvalue weighted by atomic mass is 32.1. The van der Waals surface area contributed by atoms with Crippen LogP contribution < -0.4 is 5.32 Å². The van der Waals surface area contributed by atoms with Crippen LogP contribution in [-0.4, -0.2) is 21.0 Å². The van der Waals surface area contributed by atoms with E-state index in [2.05, 4.69) is 15.5 Å². The lowest BCUT2D eigenvalue weighted by molar-refractivity contribution is -0.384. The van der Waals surface area contributed by atoms with Crippen molar-refractivity contribution >= 4 is 34.1 Å². The van der Waals surface area contributed by atoms with Crippen LogP contribution in [0, 0.1) is 10.1 Å². The van der Waals surface area contributed by atoms with Gasteiger partial charge in [-0.05, 0) is 30.2 Å². The van der Waals surface area contributed by atoms with E-state index in [4.69, 9.17) is 0 Å². The van der Waals surface area contributed by atoms with Gasteiger partial charge in [-0.2, -0.15) is 0 Å². The molecule has 0 radical (unpaired) electrons. The Labute approximate surface area is 124 Å². The first-order chi connectivity index (χ1) is 10.1. The van der Waals surface area contributed by atoms with E-state index >= 15 is 0 Å². The molecule has 1 amide bonds. The Morgan fingerprint density at radius 1 is 1.38 bits per heavy atom. The molecule has 0 aliphatic heterocycles. The molecule has 8 heteroatoms. The lowest BCUT2D eigenvalue weighted by atomic mass is 10.2. The third kappa shape index (κ3) is 4.18. The maximum atomic E-state index is 11.7. The Balaban J connectivity index is 1.96. The van der Waals surface area contributed by atoms with Gasteiger partial charge in [0.15, 0.2) is 0 Å². The molecule has 0 aliphatic rings. The summed E-state index contributed by atoms with van der Waals surface area (Å²) in [6.07, 6.45) is 3.68. The predicted octanol–water partition coefficient (Wildman–Crippen LogP) is 2.66. The zero-order chi connectivity index (χ0) is 15.2. The molecule has 7 nitrogen and oxygen atoms in total. The minimum atomic E-state index is -0.471. The average Bonchev–Trinajstić information content (AvgIpc) is 2.93. The van der Waals surface area contributed by atoms with Crippen molar-refractivity contribution in [2.45, 2.75) is 13.3 Å². The molecule has 0 saturated carbocycles. The number of nitrogens with one attached hydrogen (secondary N) is 1. The van der Waals surface area contributed by atoms with E-state index in [1.807, 2.05) is 6.92 Å².